The van der Waals surface area contributed by atoms with E-state index in [0.29, 0.717) is 11.1 Å². The first kappa shape index (κ1) is 22.2. The van der Waals surface area contributed by atoms with Crippen LogP contribution in [-0.4, -0.2) is 31.5 Å². The highest BCUT2D eigenvalue weighted by atomic mass is 32.2. The fourth-order valence-corrected chi connectivity index (χ4v) is 5.55. The lowest BCUT2D eigenvalue weighted by Gasteiger charge is -2.27. The summed E-state index contributed by atoms with van der Waals surface area (Å²) in [4.78, 5) is 11.8. The van der Waals surface area contributed by atoms with Crippen LogP contribution in [-0.2, 0) is 10.0 Å². The standard InChI is InChI=1S/C26H27N5O2S/c1-19-18-25(29-26(27-19)31-16-5-2-6-17-31)28-21-12-14-22(15-13-21)30-34(32,33)24-11-7-9-20-8-3-4-10-23(20)24/h3-4,7-15,18,30H,2,5-6,16-17H2,1H3,(H,27,28,29). The molecule has 8 heteroatoms. The van der Waals surface area contributed by atoms with Gasteiger partial charge in [-0.3, -0.25) is 4.72 Å². The number of anilines is 4. The number of fused-ring (bicyclic) bond motifs is 1. The van der Waals surface area contributed by atoms with Crippen molar-refractivity contribution in [3.8, 4) is 0 Å². The van der Waals surface area contributed by atoms with E-state index in [1.165, 1.54) is 6.42 Å². The smallest absolute Gasteiger partial charge is 0.262 e. The van der Waals surface area contributed by atoms with E-state index >= 15 is 0 Å². The van der Waals surface area contributed by atoms with Gasteiger partial charge in [0.25, 0.3) is 10.0 Å². The zero-order chi connectivity index (χ0) is 23.5. The minimum atomic E-state index is -3.73. The molecule has 1 aromatic heterocycles. The van der Waals surface area contributed by atoms with E-state index < -0.39 is 10.0 Å². The van der Waals surface area contributed by atoms with E-state index in [0.717, 1.165) is 54.5 Å². The number of benzene rings is 3. The molecule has 0 aliphatic carbocycles. The average molecular weight is 474 g/mol. The molecule has 1 saturated heterocycles. The molecule has 0 amide bonds. The number of piperidine rings is 1. The molecule has 0 radical (unpaired) electrons. The maximum Gasteiger partial charge on any atom is 0.262 e. The van der Waals surface area contributed by atoms with Crippen LogP contribution in [0.15, 0.2) is 77.7 Å². The van der Waals surface area contributed by atoms with Crippen LogP contribution < -0.4 is 14.9 Å². The van der Waals surface area contributed by atoms with Crippen LogP contribution in [0.5, 0.6) is 0 Å². The van der Waals surface area contributed by atoms with Gasteiger partial charge in [-0.1, -0.05) is 36.4 Å². The number of nitrogens with one attached hydrogen (secondary N) is 2. The molecular formula is C26H27N5O2S. The predicted octanol–water partition coefficient (Wildman–Crippen LogP) is 5.47. The number of aryl methyl sites for hydroxylation is 1. The van der Waals surface area contributed by atoms with E-state index in [4.69, 9.17) is 4.98 Å². The molecule has 0 spiro atoms. The summed E-state index contributed by atoms with van der Waals surface area (Å²) in [6.07, 6.45) is 3.58. The lowest BCUT2D eigenvalue weighted by molar-refractivity contribution is 0.568. The van der Waals surface area contributed by atoms with Gasteiger partial charge in [-0.2, -0.15) is 4.98 Å². The van der Waals surface area contributed by atoms with Crippen LogP contribution in [0, 0.1) is 6.92 Å². The molecule has 1 aliphatic heterocycles. The molecule has 0 atom stereocenters. The van der Waals surface area contributed by atoms with Crippen molar-refractivity contribution < 1.29 is 8.42 Å². The fourth-order valence-electron chi connectivity index (χ4n) is 4.26. The zero-order valence-electron chi connectivity index (χ0n) is 19.0. The molecule has 2 N–H and O–H groups in total. The summed E-state index contributed by atoms with van der Waals surface area (Å²) >= 11 is 0. The van der Waals surface area contributed by atoms with Crippen LogP contribution in [0.3, 0.4) is 0 Å². The van der Waals surface area contributed by atoms with Crippen LogP contribution in [0.2, 0.25) is 0 Å². The van der Waals surface area contributed by atoms with E-state index in [1.54, 1.807) is 24.3 Å². The molecule has 174 valence electrons. The minimum absolute atomic E-state index is 0.259. The SMILES string of the molecule is Cc1cc(Nc2ccc(NS(=O)(=O)c3cccc4ccccc34)cc2)nc(N2CCCCC2)n1. The Kier molecular flexibility index (Phi) is 6.06. The average Bonchev–Trinajstić information content (AvgIpc) is 2.85. The Balaban J connectivity index is 1.33. The Morgan fingerprint density at radius 1 is 0.824 bits per heavy atom. The van der Waals surface area contributed by atoms with Crippen molar-refractivity contribution >= 4 is 43.9 Å². The summed E-state index contributed by atoms with van der Waals surface area (Å²) in [5.74, 6) is 1.47. The normalized spacial score (nSPS) is 14.2. The predicted molar refractivity (Wildman–Crippen MR) is 137 cm³/mol. The van der Waals surface area contributed by atoms with Gasteiger partial charge in [-0.15, -0.1) is 0 Å². The molecule has 0 unspecified atom stereocenters. The Morgan fingerprint density at radius 3 is 2.32 bits per heavy atom. The second-order valence-corrected chi connectivity index (χ2v) is 10.2. The number of hydrogen-bond donors (Lipinski definition) is 2. The topological polar surface area (TPSA) is 87.2 Å². The highest BCUT2D eigenvalue weighted by Crippen LogP contribution is 2.26. The molecule has 1 aliphatic rings. The van der Waals surface area contributed by atoms with Crippen molar-refractivity contribution in [2.45, 2.75) is 31.1 Å². The number of aromatic nitrogens is 2. The van der Waals surface area contributed by atoms with Crippen LogP contribution >= 0.6 is 0 Å². The minimum Gasteiger partial charge on any atom is -0.341 e. The first-order valence-corrected chi connectivity index (χ1v) is 12.9. The van der Waals surface area contributed by atoms with Crippen LogP contribution in [0.1, 0.15) is 25.0 Å². The van der Waals surface area contributed by atoms with Crippen molar-refractivity contribution in [3.05, 3.63) is 78.5 Å². The van der Waals surface area contributed by atoms with E-state index in [2.05, 4.69) is 19.9 Å². The van der Waals surface area contributed by atoms with Crippen molar-refractivity contribution in [2.75, 3.05) is 28.0 Å². The number of sulfonamides is 1. The van der Waals surface area contributed by atoms with E-state index in [9.17, 15) is 8.42 Å². The van der Waals surface area contributed by atoms with Crippen molar-refractivity contribution in [1.82, 2.24) is 9.97 Å². The second kappa shape index (κ2) is 9.30. The molecule has 0 saturated carbocycles. The van der Waals surface area contributed by atoms with Gasteiger partial charge in [0, 0.05) is 41.6 Å². The van der Waals surface area contributed by atoms with Gasteiger partial charge in [0.1, 0.15) is 5.82 Å². The molecule has 2 heterocycles. The number of rotatable bonds is 6. The molecule has 3 aromatic carbocycles. The third-order valence-electron chi connectivity index (χ3n) is 5.93. The molecule has 0 bridgehead atoms. The molecule has 1 fully saturated rings. The Morgan fingerprint density at radius 2 is 1.53 bits per heavy atom. The van der Waals surface area contributed by atoms with Gasteiger partial charge < -0.3 is 10.2 Å². The van der Waals surface area contributed by atoms with Gasteiger partial charge in [0.15, 0.2) is 0 Å². The van der Waals surface area contributed by atoms with E-state index in [1.807, 2.05) is 55.5 Å². The first-order chi connectivity index (χ1) is 16.5. The van der Waals surface area contributed by atoms with Gasteiger partial charge in [-0.05, 0) is 61.9 Å². The maximum atomic E-state index is 13.1. The molecule has 7 nitrogen and oxygen atoms in total. The Hall–Kier alpha value is -3.65. The van der Waals surface area contributed by atoms with Crippen molar-refractivity contribution in [1.29, 1.82) is 0 Å². The Bertz CT molecular complexity index is 1410. The monoisotopic (exact) mass is 473 g/mol. The van der Waals surface area contributed by atoms with Crippen LogP contribution in [0.25, 0.3) is 10.8 Å². The fraction of sp³-hybridized carbons (Fsp3) is 0.231. The lowest BCUT2D eigenvalue weighted by atomic mass is 10.1. The zero-order valence-corrected chi connectivity index (χ0v) is 19.8. The highest BCUT2D eigenvalue weighted by Gasteiger charge is 2.18. The van der Waals surface area contributed by atoms with Gasteiger partial charge in [0.05, 0.1) is 4.90 Å². The second-order valence-electron chi connectivity index (χ2n) is 8.53. The summed E-state index contributed by atoms with van der Waals surface area (Å²) in [6.45, 7) is 3.92. The summed E-state index contributed by atoms with van der Waals surface area (Å²) in [5, 5.41) is 4.89. The van der Waals surface area contributed by atoms with Gasteiger partial charge >= 0.3 is 0 Å². The quantitative estimate of drug-likeness (QED) is 0.386. The lowest BCUT2D eigenvalue weighted by Crippen LogP contribution is -2.31. The van der Waals surface area contributed by atoms with Crippen LogP contribution in [0.4, 0.5) is 23.1 Å². The number of nitrogens with zero attached hydrogens (tertiary/aromatic N) is 3. The first-order valence-electron chi connectivity index (χ1n) is 11.5. The summed E-state index contributed by atoms with van der Waals surface area (Å²) < 4.78 is 28.8. The largest absolute Gasteiger partial charge is 0.341 e. The third kappa shape index (κ3) is 4.82. The third-order valence-corrected chi connectivity index (χ3v) is 7.37. The molecule has 5 rings (SSSR count). The van der Waals surface area contributed by atoms with Gasteiger partial charge in [0.2, 0.25) is 5.95 Å². The summed E-state index contributed by atoms with van der Waals surface area (Å²) in [7, 11) is -3.73. The molecule has 4 aromatic rings. The van der Waals surface area contributed by atoms with Gasteiger partial charge in [-0.25, -0.2) is 13.4 Å². The number of hydrogen-bond acceptors (Lipinski definition) is 6. The maximum absolute atomic E-state index is 13.1. The Labute approximate surface area is 199 Å². The van der Waals surface area contributed by atoms with Crippen molar-refractivity contribution in [3.63, 3.8) is 0 Å². The molecular weight excluding hydrogens is 446 g/mol. The summed E-state index contributed by atoms with van der Waals surface area (Å²) in [5.41, 5.74) is 2.21. The molecule has 34 heavy (non-hydrogen) atoms. The highest BCUT2D eigenvalue weighted by molar-refractivity contribution is 7.93. The summed E-state index contributed by atoms with van der Waals surface area (Å²) in [6, 6.07) is 21.8. The van der Waals surface area contributed by atoms with Crippen molar-refractivity contribution in [2.24, 2.45) is 0 Å². The van der Waals surface area contributed by atoms with E-state index in [-0.39, 0.29) is 4.90 Å².